The molecule has 0 fully saturated rings. The summed E-state index contributed by atoms with van der Waals surface area (Å²) >= 11 is 0. The molecule has 0 aliphatic heterocycles. The van der Waals surface area contributed by atoms with E-state index in [1.807, 2.05) is 17.7 Å². The van der Waals surface area contributed by atoms with Gasteiger partial charge in [0.1, 0.15) is 5.82 Å². The van der Waals surface area contributed by atoms with Gasteiger partial charge in [0.15, 0.2) is 0 Å². The molecule has 0 saturated heterocycles. The summed E-state index contributed by atoms with van der Waals surface area (Å²) < 4.78 is 2.05. The van der Waals surface area contributed by atoms with Crippen molar-refractivity contribution in [2.45, 2.75) is 45.8 Å². The largest absolute Gasteiger partial charge is 0.391 e. The van der Waals surface area contributed by atoms with Gasteiger partial charge >= 0.3 is 0 Å². The van der Waals surface area contributed by atoms with Crippen LogP contribution in [0.2, 0.25) is 0 Å². The van der Waals surface area contributed by atoms with Crippen LogP contribution in [0.5, 0.6) is 0 Å². The fourth-order valence-electron chi connectivity index (χ4n) is 1.36. The summed E-state index contributed by atoms with van der Waals surface area (Å²) in [6, 6.07) is 0.115. The third-order valence-corrected chi connectivity index (χ3v) is 2.36. The second-order valence-corrected chi connectivity index (χ2v) is 3.48. The minimum atomic E-state index is -0.329. The predicted octanol–water partition coefficient (Wildman–Crippen LogP) is 1.78. The van der Waals surface area contributed by atoms with Gasteiger partial charge in [-0.05, 0) is 20.3 Å². The van der Waals surface area contributed by atoms with Gasteiger partial charge in [-0.2, -0.15) is 0 Å². The van der Waals surface area contributed by atoms with Crippen molar-refractivity contribution >= 4 is 0 Å². The monoisotopic (exact) mass is 182 g/mol. The number of nitrogens with zero attached hydrogens (tertiary/aromatic N) is 2. The van der Waals surface area contributed by atoms with Crippen molar-refractivity contribution in [3.63, 3.8) is 0 Å². The van der Waals surface area contributed by atoms with Crippen molar-refractivity contribution in [2.24, 2.45) is 0 Å². The molecule has 1 heterocycles. The summed E-state index contributed by atoms with van der Waals surface area (Å²) in [6.45, 7) is 5.94. The molecule has 3 heteroatoms. The smallest absolute Gasteiger partial charge is 0.108 e. The second kappa shape index (κ2) is 4.42. The van der Waals surface area contributed by atoms with Crippen molar-refractivity contribution in [3.05, 3.63) is 18.2 Å². The Balaban J connectivity index is 2.80. The molecule has 1 N–H and O–H groups in total. The lowest BCUT2D eigenvalue weighted by Crippen LogP contribution is -2.19. The van der Waals surface area contributed by atoms with Crippen LogP contribution in [0.3, 0.4) is 0 Å². The maximum absolute atomic E-state index is 9.44. The summed E-state index contributed by atoms with van der Waals surface area (Å²) in [4.78, 5) is 4.26. The molecule has 1 rings (SSSR count). The van der Waals surface area contributed by atoms with E-state index >= 15 is 0 Å². The predicted molar refractivity (Wildman–Crippen MR) is 52.6 cm³/mol. The molecule has 2 atom stereocenters. The van der Waals surface area contributed by atoms with Crippen LogP contribution in [-0.4, -0.2) is 20.8 Å². The Kier molecular flexibility index (Phi) is 3.48. The Bertz CT molecular complexity index is 255. The maximum Gasteiger partial charge on any atom is 0.108 e. The zero-order chi connectivity index (χ0) is 9.84. The first-order valence-electron chi connectivity index (χ1n) is 4.86. The number of aryl methyl sites for hydroxylation is 1. The first kappa shape index (κ1) is 10.3. The van der Waals surface area contributed by atoms with Crippen LogP contribution in [-0.2, 0) is 6.42 Å². The van der Waals surface area contributed by atoms with Crippen LogP contribution in [0.4, 0.5) is 0 Å². The van der Waals surface area contributed by atoms with E-state index < -0.39 is 0 Å². The van der Waals surface area contributed by atoms with Gasteiger partial charge in [-0.15, -0.1) is 0 Å². The van der Waals surface area contributed by atoms with E-state index in [2.05, 4.69) is 11.9 Å². The van der Waals surface area contributed by atoms with E-state index in [1.54, 1.807) is 13.1 Å². The zero-order valence-electron chi connectivity index (χ0n) is 8.57. The molecule has 1 aromatic rings. The molecule has 0 aromatic carbocycles. The normalized spacial score (nSPS) is 15.7. The molecule has 1 aromatic heterocycles. The summed E-state index contributed by atoms with van der Waals surface area (Å²) in [5.74, 6) is 1.07. The fourth-order valence-corrected chi connectivity index (χ4v) is 1.36. The van der Waals surface area contributed by atoms with Crippen LogP contribution in [0, 0.1) is 0 Å². The minimum Gasteiger partial charge on any atom is -0.391 e. The highest BCUT2D eigenvalue weighted by atomic mass is 16.3. The van der Waals surface area contributed by atoms with Crippen molar-refractivity contribution in [1.82, 2.24) is 9.55 Å². The molecule has 2 unspecified atom stereocenters. The third kappa shape index (κ3) is 2.31. The Hall–Kier alpha value is -0.830. The van der Waals surface area contributed by atoms with E-state index in [4.69, 9.17) is 0 Å². The average molecular weight is 182 g/mol. The lowest BCUT2D eigenvalue weighted by atomic mass is 10.2. The number of aliphatic hydroxyl groups excluding tert-OH is 1. The molecule has 0 saturated carbocycles. The standard InChI is InChI=1S/C10H18N2O/c1-4-5-10-11-6-7-12(10)8(2)9(3)13/h6-9,13H,4-5H2,1-3H3. The Morgan fingerprint density at radius 3 is 2.77 bits per heavy atom. The minimum absolute atomic E-state index is 0.115. The molecule has 3 nitrogen and oxygen atoms in total. The highest BCUT2D eigenvalue weighted by molar-refractivity contribution is 4.95. The van der Waals surface area contributed by atoms with E-state index in [1.165, 1.54) is 0 Å². The quantitative estimate of drug-likeness (QED) is 0.770. The number of aliphatic hydroxyl groups is 1. The lowest BCUT2D eigenvalue weighted by Gasteiger charge is -2.18. The second-order valence-electron chi connectivity index (χ2n) is 3.48. The Morgan fingerprint density at radius 2 is 2.23 bits per heavy atom. The van der Waals surface area contributed by atoms with Gasteiger partial charge < -0.3 is 9.67 Å². The van der Waals surface area contributed by atoms with Gasteiger partial charge in [0.05, 0.1) is 12.1 Å². The third-order valence-electron chi connectivity index (χ3n) is 2.36. The fraction of sp³-hybridized carbons (Fsp3) is 0.700. The molecule has 0 spiro atoms. The maximum atomic E-state index is 9.44. The lowest BCUT2D eigenvalue weighted by molar-refractivity contribution is 0.137. The van der Waals surface area contributed by atoms with Crippen LogP contribution in [0.15, 0.2) is 12.4 Å². The molecule has 74 valence electrons. The van der Waals surface area contributed by atoms with Gasteiger partial charge in [-0.1, -0.05) is 6.92 Å². The van der Waals surface area contributed by atoms with Crippen molar-refractivity contribution in [3.8, 4) is 0 Å². The first-order chi connectivity index (χ1) is 6.16. The van der Waals surface area contributed by atoms with E-state index in [9.17, 15) is 5.11 Å². The summed E-state index contributed by atoms with van der Waals surface area (Å²) in [5, 5.41) is 9.44. The van der Waals surface area contributed by atoms with Crippen LogP contribution >= 0.6 is 0 Å². The molecule has 0 amide bonds. The SMILES string of the molecule is CCCc1nccn1C(C)C(C)O. The number of imidazole rings is 1. The zero-order valence-corrected chi connectivity index (χ0v) is 8.57. The van der Waals surface area contributed by atoms with E-state index in [0.717, 1.165) is 18.7 Å². The molecular weight excluding hydrogens is 164 g/mol. The topological polar surface area (TPSA) is 38.0 Å². The van der Waals surface area contributed by atoms with Crippen LogP contribution in [0.25, 0.3) is 0 Å². The van der Waals surface area contributed by atoms with Crippen LogP contribution < -0.4 is 0 Å². The van der Waals surface area contributed by atoms with E-state index in [-0.39, 0.29) is 12.1 Å². The summed E-state index contributed by atoms with van der Waals surface area (Å²) in [7, 11) is 0. The average Bonchev–Trinajstić information content (AvgIpc) is 2.52. The molecular formula is C10H18N2O. The van der Waals surface area contributed by atoms with Gasteiger partial charge in [0.2, 0.25) is 0 Å². The Morgan fingerprint density at radius 1 is 1.54 bits per heavy atom. The molecule has 13 heavy (non-hydrogen) atoms. The highest BCUT2D eigenvalue weighted by Crippen LogP contribution is 2.14. The number of rotatable bonds is 4. The van der Waals surface area contributed by atoms with Gasteiger partial charge in [0, 0.05) is 18.8 Å². The number of aromatic nitrogens is 2. The van der Waals surface area contributed by atoms with E-state index in [0.29, 0.717) is 0 Å². The van der Waals surface area contributed by atoms with Crippen molar-refractivity contribution < 1.29 is 5.11 Å². The van der Waals surface area contributed by atoms with Gasteiger partial charge in [0.25, 0.3) is 0 Å². The molecule has 0 aliphatic rings. The van der Waals surface area contributed by atoms with Gasteiger partial charge in [-0.3, -0.25) is 0 Å². The van der Waals surface area contributed by atoms with Gasteiger partial charge in [-0.25, -0.2) is 4.98 Å². The first-order valence-corrected chi connectivity index (χ1v) is 4.86. The molecule has 0 radical (unpaired) electrons. The summed E-state index contributed by atoms with van der Waals surface area (Å²) in [6.07, 6.45) is 5.46. The van der Waals surface area contributed by atoms with Crippen LogP contribution in [0.1, 0.15) is 39.1 Å². The van der Waals surface area contributed by atoms with Crippen molar-refractivity contribution in [2.75, 3.05) is 0 Å². The number of hydrogen-bond donors (Lipinski definition) is 1. The summed E-state index contributed by atoms with van der Waals surface area (Å²) in [5.41, 5.74) is 0. The highest BCUT2D eigenvalue weighted by Gasteiger charge is 2.13. The van der Waals surface area contributed by atoms with Crippen molar-refractivity contribution in [1.29, 1.82) is 0 Å². The Labute approximate surface area is 79.4 Å². The number of hydrogen-bond acceptors (Lipinski definition) is 2. The molecule has 0 bridgehead atoms. The molecule has 0 aliphatic carbocycles.